The third-order valence-corrected chi connectivity index (χ3v) is 4.24. The van der Waals surface area contributed by atoms with E-state index in [0.717, 1.165) is 5.69 Å². The lowest BCUT2D eigenvalue weighted by atomic mass is 10.1. The number of rotatable bonds is 2. The Balaban J connectivity index is 2.18. The van der Waals surface area contributed by atoms with Crippen LogP contribution in [0.1, 0.15) is 5.69 Å². The van der Waals surface area contributed by atoms with Gasteiger partial charge in [-0.25, -0.2) is 4.98 Å². The maximum absolute atomic E-state index is 13.2. The standard InChI is InChI=1S/C19H13ClN2O3/c1-11-4-9-14-17(23)16(15-3-2-10-25-15)19(24)22(18(14)21-11)13-7-5-12(20)6-8-13/h2-10,23H,1H3. The molecule has 1 aromatic carbocycles. The lowest BCUT2D eigenvalue weighted by Gasteiger charge is -2.14. The first kappa shape index (κ1) is 15.5. The molecule has 5 nitrogen and oxygen atoms in total. The van der Waals surface area contributed by atoms with E-state index in [1.165, 1.54) is 10.8 Å². The summed E-state index contributed by atoms with van der Waals surface area (Å²) < 4.78 is 6.80. The van der Waals surface area contributed by atoms with E-state index in [9.17, 15) is 9.90 Å². The molecule has 0 fully saturated rings. The summed E-state index contributed by atoms with van der Waals surface area (Å²) in [5, 5.41) is 11.7. The zero-order chi connectivity index (χ0) is 17.6. The fourth-order valence-electron chi connectivity index (χ4n) is 2.81. The van der Waals surface area contributed by atoms with Gasteiger partial charge in [0.05, 0.1) is 17.3 Å². The average molecular weight is 353 g/mol. The van der Waals surface area contributed by atoms with Crippen molar-refractivity contribution < 1.29 is 9.52 Å². The summed E-state index contributed by atoms with van der Waals surface area (Å²) in [4.78, 5) is 17.6. The Labute approximate surface area is 147 Å². The number of halogens is 1. The van der Waals surface area contributed by atoms with E-state index in [2.05, 4.69) is 4.98 Å². The van der Waals surface area contributed by atoms with E-state index in [1.807, 2.05) is 6.92 Å². The summed E-state index contributed by atoms with van der Waals surface area (Å²) in [6.45, 7) is 1.83. The van der Waals surface area contributed by atoms with Crippen LogP contribution in [0.4, 0.5) is 0 Å². The summed E-state index contributed by atoms with van der Waals surface area (Å²) >= 11 is 5.96. The van der Waals surface area contributed by atoms with Crippen LogP contribution in [0.5, 0.6) is 5.75 Å². The quantitative estimate of drug-likeness (QED) is 0.583. The number of pyridine rings is 2. The van der Waals surface area contributed by atoms with Gasteiger partial charge in [0.25, 0.3) is 5.56 Å². The second-order valence-electron chi connectivity index (χ2n) is 5.64. The molecule has 4 rings (SSSR count). The van der Waals surface area contributed by atoms with Gasteiger partial charge in [0.15, 0.2) is 5.65 Å². The van der Waals surface area contributed by atoms with Crippen molar-refractivity contribution in [2.24, 2.45) is 0 Å². The van der Waals surface area contributed by atoms with E-state index >= 15 is 0 Å². The number of fused-ring (bicyclic) bond motifs is 1. The number of furan rings is 1. The maximum Gasteiger partial charge on any atom is 0.271 e. The largest absolute Gasteiger partial charge is 0.506 e. The van der Waals surface area contributed by atoms with Gasteiger partial charge in [-0.05, 0) is 55.5 Å². The van der Waals surface area contributed by atoms with Crippen molar-refractivity contribution in [3.8, 4) is 22.8 Å². The SMILES string of the molecule is Cc1ccc2c(O)c(-c3ccco3)c(=O)n(-c3ccc(Cl)cc3)c2n1. The van der Waals surface area contributed by atoms with Gasteiger partial charge in [-0.1, -0.05) is 11.6 Å². The zero-order valence-corrected chi connectivity index (χ0v) is 14.0. The first-order valence-electron chi connectivity index (χ1n) is 7.61. The minimum Gasteiger partial charge on any atom is -0.506 e. The summed E-state index contributed by atoms with van der Waals surface area (Å²) in [7, 11) is 0. The predicted molar refractivity (Wildman–Crippen MR) is 96.5 cm³/mol. The molecule has 6 heteroatoms. The molecule has 3 heterocycles. The van der Waals surface area contributed by atoms with Crippen LogP contribution >= 0.6 is 11.6 Å². The van der Waals surface area contributed by atoms with Gasteiger partial charge in [-0.2, -0.15) is 0 Å². The number of aryl methyl sites for hydroxylation is 1. The highest BCUT2D eigenvalue weighted by Gasteiger charge is 2.21. The first-order valence-corrected chi connectivity index (χ1v) is 7.99. The molecule has 3 aromatic heterocycles. The molecule has 0 radical (unpaired) electrons. The van der Waals surface area contributed by atoms with Gasteiger partial charge in [0.1, 0.15) is 17.1 Å². The molecule has 0 saturated heterocycles. The molecule has 0 atom stereocenters. The van der Waals surface area contributed by atoms with Crippen molar-refractivity contribution in [3.05, 3.63) is 75.9 Å². The van der Waals surface area contributed by atoms with Crippen molar-refractivity contribution in [2.75, 3.05) is 0 Å². The van der Waals surface area contributed by atoms with E-state index in [-0.39, 0.29) is 11.3 Å². The Bertz CT molecular complexity index is 1130. The molecule has 0 saturated carbocycles. The minimum absolute atomic E-state index is 0.0955. The molecule has 1 N–H and O–H groups in total. The van der Waals surface area contributed by atoms with Crippen LogP contribution in [0.3, 0.4) is 0 Å². The molecule has 25 heavy (non-hydrogen) atoms. The van der Waals surface area contributed by atoms with Crippen molar-refractivity contribution in [1.82, 2.24) is 9.55 Å². The molecule has 0 aliphatic carbocycles. The Hall–Kier alpha value is -3.05. The molecule has 4 aromatic rings. The molecule has 0 aliphatic heterocycles. The normalized spacial score (nSPS) is 11.1. The van der Waals surface area contributed by atoms with Crippen molar-refractivity contribution in [1.29, 1.82) is 0 Å². The number of hydrogen-bond donors (Lipinski definition) is 1. The highest BCUT2D eigenvalue weighted by Crippen LogP contribution is 2.33. The second-order valence-corrected chi connectivity index (χ2v) is 6.08. The van der Waals surface area contributed by atoms with Crippen molar-refractivity contribution >= 4 is 22.6 Å². The Morgan fingerprint density at radius 1 is 1.12 bits per heavy atom. The van der Waals surface area contributed by atoms with Gasteiger partial charge >= 0.3 is 0 Å². The molecule has 0 unspecified atom stereocenters. The zero-order valence-electron chi connectivity index (χ0n) is 13.2. The number of benzene rings is 1. The van der Waals surface area contributed by atoms with Crippen LogP contribution in [-0.4, -0.2) is 14.7 Å². The van der Waals surface area contributed by atoms with Crippen LogP contribution in [0.2, 0.25) is 5.02 Å². The molecular weight excluding hydrogens is 340 g/mol. The third-order valence-electron chi connectivity index (χ3n) is 3.99. The van der Waals surface area contributed by atoms with Gasteiger partial charge in [0.2, 0.25) is 0 Å². The molecule has 0 amide bonds. The Morgan fingerprint density at radius 2 is 1.88 bits per heavy atom. The monoisotopic (exact) mass is 352 g/mol. The predicted octanol–water partition coefficient (Wildman–Crippen LogP) is 4.31. The molecular formula is C19H13ClN2O3. The summed E-state index contributed by atoms with van der Waals surface area (Å²) in [6.07, 6.45) is 1.46. The first-order chi connectivity index (χ1) is 12.1. The minimum atomic E-state index is -0.416. The van der Waals surface area contributed by atoms with Crippen LogP contribution < -0.4 is 5.56 Å². The fourth-order valence-corrected chi connectivity index (χ4v) is 2.94. The van der Waals surface area contributed by atoms with Crippen LogP contribution in [0.25, 0.3) is 28.0 Å². The van der Waals surface area contributed by atoms with E-state index in [0.29, 0.717) is 27.5 Å². The smallest absolute Gasteiger partial charge is 0.271 e. The molecule has 0 spiro atoms. The topological polar surface area (TPSA) is 68.3 Å². The van der Waals surface area contributed by atoms with Gasteiger partial charge in [-0.15, -0.1) is 0 Å². The third kappa shape index (κ3) is 2.49. The molecule has 124 valence electrons. The van der Waals surface area contributed by atoms with Crippen molar-refractivity contribution in [3.63, 3.8) is 0 Å². The lowest BCUT2D eigenvalue weighted by Crippen LogP contribution is -2.21. The van der Waals surface area contributed by atoms with Crippen molar-refractivity contribution in [2.45, 2.75) is 6.92 Å². The van der Waals surface area contributed by atoms with Crippen LogP contribution in [0, 0.1) is 6.92 Å². The number of nitrogens with zero attached hydrogens (tertiary/aromatic N) is 2. The maximum atomic E-state index is 13.2. The Kier molecular flexibility index (Phi) is 3.58. The lowest BCUT2D eigenvalue weighted by molar-refractivity contribution is 0.477. The van der Waals surface area contributed by atoms with Gasteiger partial charge < -0.3 is 9.52 Å². The second kappa shape index (κ2) is 5.79. The summed E-state index contributed by atoms with van der Waals surface area (Å²) in [5.74, 6) is 0.153. The highest BCUT2D eigenvalue weighted by atomic mass is 35.5. The fraction of sp³-hybridized carbons (Fsp3) is 0.0526. The van der Waals surface area contributed by atoms with Gasteiger partial charge in [0, 0.05) is 10.7 Å². The van der Waals surface area contributed by atoms with Crippen LogP contribution in [-0.2, 0) is 0 Å². The molecule has 0 aliphatic rings. The summed E-state index contributed by atoms with van der Waals surface area (Å²) in [6, 6.07) is 13.7. The molecule has 0 bridgehead atoms. The number of hydrogen-bond acceptors (Lipinski definition) is 4. The highest BCUT2D eigenvalue weighted by molar-refractivity contribution is 6.30. The van der Waals surface area contributed by atoms with Gasteiger partial charge in [-0.3, -0.25) is 9.36 Å². The number of aromatic nitrogens is 2. The van der Waals surface area contributed by atoms with E-state index < -0.39 is 5.56 Å². The van der Waals surface area contributed by atoms with E-state index in [1.54, 1.807) is 48.5 Å². The summed E-state index contributed by atoms with van der Waals surface area (Å²) in [5.41, 5.74) is 1.39. The Morgan fingerprint density at radius 3 is 2.56 bits per heavy atom. The van der Waals surface area contributed by atoms with E-state index in [4.69, 9.17) is 16.0 Å². The average Bonchev–Trinajstić information content (AvgIpc) is 3.10. The number of aromatic hydroxyl groups is 1. The van der Waals surface area contributed by atoms with Crippen LogP contribution in [0.15, 0.2) is 64.0 Å².